The number of rotatable bonds is 4. The van der Waals surface area contributed by atoms with E-state index in [1.807, 2.05) is 0 Å². The molecule has 2 heteroatoms. The van der Waals surface area contributed by atoms with Gasteiger partial charge in [0.2, 0.25) is 0 Å². The van der Waals surface area contributed by atoms with Gasteiger partial charge in [0.1, 0.15) is 5.75 Å². The summed E-state index contributed by atoms with van der Waals surface area (Å²) in [7, 11) is 0. The molecule has 2 nitrogen and oxygen atoms in total. The maximum atomic E-state index is 5.87. The smallest absolute Gasteiger partial charge is 0.125 e. The summed E-state index contributed by atoms with van der Waals surface area (Å²) in [5, 5.41) is 3.49. The van der Waals surface area contributed by atoms with E-state index >= 15 is 0 Å². The maximum Gasteiger partial charge on any atom is 0.125 e. The molecular weight excluding hydrogens is 222 g/mol. The largest absolute Gasteiger partial charge is 0.493 e. The van der Waals surface area contributed by atoms with E-state index in [1.165, 1.54) is 36.1 Å². The Bertz CT molecular complexity index is 394. The summed E-state index contributed by atoms with van der Waals surface area (Å²) in [6.07, 6.45) is 3.79. The standard InChI is InChI=1S/C16H25NO/c1-4-18-16-13(3)12(2)7-8-15(16)10-14-6-5-9-17-11-14/h7-8,14,17H,4-6,9-11H2,1-3H3. The molecule has 1 atom stereocenters. The van der Waals surface area contributed by atoms with Crippen molar-refractivity contribution in [2.24, 2.45) is 5.92 Å². The normalized spacial score (nSPS) is 19.8. The minimum atomic E-state index is 0.750. The molecule has 100 valence electrons. The second-order valence-electron chi connectivity index (χ2n) is 5.35. The average Bonchev–Trinajstić information content (AvgIpc) is 2.39. The fourth-order valence-corrected chi connectivity index (χ4v) is 2.76. The molecule has 0 radical (unpaired) electrons. The molecule has 1 aromatic carbocycles. The average molecular weight is 247 g/mol. The predicted octanol–water partition coefficient (Wildman–Crippen LogP) is 3.24. The van der Waals surface area contributed by atoms with Crippen molar-refractivity contribution in [2.75, 3.05) is 19.7 Å². The van der Waals surface area contributed by atoms with Gasteiger partial charge in [0.25, 0.3) is 0 Å². The van der Waals surface area contributed by atoms with Crippen LogP contribution in [0.15, 0.2) is 12.1 Å². The Morgan fingerprint density at radius 3 is 2.83 bits per heavy atom. The first-order valence-corrected chi connectivity index (χ1v) is 7.15. The molecule has 0 spiro atoms. The van der Waals surface area contributed by atoms with E-state index in [1.54, 1.807) is 0 Å². The van der Waals surface area contributed by atoms with Gasteiger partial charge >= 0.3 is 0 Å². The molecule has 18 heavy (non-hydrogen) atoms. The van der Waals surface area contributed by atoms with Crippen LogP contribution in [0.2, 0.25) is 0 Å². The fourth-order valence-electron chi connectivity index (χ4n) is 2.76. The quantitative estimate of drug-likeness (QED) is 0.882. The molecule has 1 aliphatic rings. The number of nitrogens with one attached hydrogen (secondary N) is 1. The molecule has 1 aliphatic heterocycles. The molecule has 1 fully saturated rings. The van der Waals surface area contributed by atoms with Gasteiger partial charge in [-0.15, -0.1) is 0 Å². The van der Waals surface area contributed by atoms with E-state index in [0.717, 1.165) is 31.2 Å². The van der Waals surface area contributed by atoms with Crippen LogP contribution in [0, 0.1) is 19.8 Å². The lowest BCUT2D eigenvalue weighted by molar-refractivity contribution is 0.325. The Balaban J connectivity index is 2.17. The third-order valence-corrected chi connectivity index (χ3v) is 3.95. The van der Waals surface area contributed by atoms with Gasteiger partial charge in [0, 0.05) is 0 Å². The monoisotopic (exact) mass is 247 g/mol. The molecule has 0 aliphatic carbocycles. The van der Waals surface area contributed by atoms with Gasteiger partial charge in [-0.2, -0.15) is 0 Å². The van der Waals surface area contributed by atoms with E-state index < -0.39 is 0 Å². The summed E-state index contributed by atoms with van der Waals surface area (Å²) >= 11 is 0. The highest BCUT2D eigenvalue weighted by molar-refractivity contribution is 5.45. The Hall–Kier alpha value is -1.02. The highest BCUT2D eigenvalue weighted by Gasteiger charge is 2.17. The van der Waals surface area contributed by atoms with E-state index in [2.05, 4.69) is 38.2 Å². The van der Waals surface area contributed by atoms with Gasteiger partial charge < -0.3 is 10.1 Å². The topological polar surface area (TPSA) is 21.3 Å². The molecule has 0 aromatic heterocycles. The van der Waals surface area contributed by atoms with Gasteiger partial charge in [-0.1, -0.05) is 12.1 Å². The van der Waals surface area contributed by atoms with E-state index in [0.29, 0.717) is 0 Å². The van der Waals surface area contributed by atoms with Crippen molar-refractivity contribution in [3.8, 4) is 5.75 Å². The highest BCUT2D eigenvalue weighted by atomic mass is 16.5. The minimum Gasteiger partial charge on any atom is -0.493 e. The van der Waals surface area contributed by atoms with Gasteiger partial charge in [-0.3, -0.25) is 0 Å². The van der Waals surface area contributed by atoms with E-state index in [9.17, 15) is 0 Å². The zero-order valence-corrected chi connectivity index (χ0v) is 11.9. The fraction of sp³-hybridized carbons (Fsp3) is 0.625. The van der Waals surface area contributed by atoms with Gasteiger partial charge in [0.05, 0.1) is 6.61 Å². The Kier molecular flexibility index (Phi) is 4.65. The first-order valence-electron chi connectivity index (χ1n) is 7.15. The predicted molar refractivity (Wildman–Crippen MR) is 76.4 cm³/mol. The van der Waals surface area contributed by atoms with Crippen LogP contribution in [0.4, 0.5) is 0 Å². The lowest BCUT2D eigenvalue weighted by Crippen LogP contribution is -2.31. The molecule has 1 saturated heterocycles. The Morgan fingerprint density at radius 2 is 2.17 bits per heavy atom. The molecule has 0 amide bonds. The van der Waals surface area contributed by atoms with Crippen LogP contribution in [-0.2, 0) is 6.42 Å². The molecule has 2 rings (SSSR count). The summed E-state index contributed by atoms with van der Waals surface area (Å²) in [5.74, 6) is 1.89. The molecule has 1 N–H and O–H groups in total. The third-order valence-electron chi connectivity index (χ3n) is 3.95. The molecule has 0 bridgehead atoms. The number of aryl methyl sites for hydroxylation is 1. The van der Waals surface area contributed by atoms with Crippen molar-refractivity contribution in [2.45, 2.75) is 40.0 Å². The molecule has 1 heterocycles. The van der Waals surface area contributed by atoms with Crippen LogP contribution in [0.5, 0.6) is 5.75 Å². The van der Waals surface area contributed by atoms with Gasteiger partial charge in [-0.05, 0) is 75.7 Å². The zero-order valence-electron chi connectivity index (χ0n) is 11.9. The number of hydrogen-bond donors (Lipinski definition) is 1. The second kappa shape index (κ2) is 6.24. The van der Waals surface area contributed by atoms with Crippen molar-refractivity contribution in [1.82, 2.24) is 5.32 Å². The lowest BCUT2D eigenvalue weighted by atomic mass is 9.90. The number of piperidine rings is 1. The summed E-state index contributed by atoms with van der Waals surface area (Å²) in [5.41, 5.74) is 4.01. The van der Waals surface area contributed by atoms with Crippen LogP contribution in [0.3, 0.4) is 0 Å². The first kappa shape index (κ1) is 13.4. The van der Waals surface area contributed by atoms with Crippen molar-refractivity contribution < 1.29 is 4.74 Å². The van der Waals surface area contributed by atoms with Crippen molar-refractivity contribution in [3.63, 3.8) is 0 Å². The van der Waals surface area contributed by atoms with Crippen LogP contribution < -0.4 is 10.1 Å². The number of ether oxygens (including phenoxy) is 1. The molecule has 1 unspecified atom stereocenters. The van der Waals surface area contributed by atoms with Gasteiger partial charge in [-0.25, -0.2) is 0 Å². The summed E-state index contributed by atoms with van der Waals surface area (Å²) in [6, 6.07) is 4.48. The number of hydrogen-bond acceptors (Lipinski definition) is 2. The van der Waals surface area contributed by atoms with E-state index in [4.69, 9.17) is 4.74 Å². The van der Waals surface area contributed by atoms with Crippen molar-refractivity contribution >= 4 is 0 Å². The molecule has 0 saturated carbocycles. The maximum absolute atomic E-state index is 5.87. The van der Waals surface area contributed by atoms with Crippen LogP contribution >= 0.6 is 0 Å². The Morgan fingerprint density at radius 1 is 1.33 bits per heavy atom. The molecule has 1 aromatic rings. The Labute approximate surface area is 111 Å². The first-order chi connectivity index (χ1) is 8.72. The third kappa shape index (κ3) is 3.05. The molecular formula is C16H25NO. The minimum absolute atomic E-state index is 0.750. The van der Waals surface area contributed by atoms with Crippen LogP contribution in [0.25, 0.3) is 0 Å². The van der Waals surface area contributed by atoms with Gasteiger partial charge in [0.15, 0.2) is 0 Å². The van der Waals surface area contributed by atoms with Crippen LogP contribution in [0.1, 0.15) is 36.5 Å². The summed E-state index contributed by atoms with van der Waals surface area (Å²) < 4.78 is 5.87. The zero-order chi connectivity index (χ0) is 13.0. The lowest BCUT2D eigenvalue weighted by Gasteiger charge is -2.24. The second-order valence-corrected chi connectivity index (χ2v) is 5.35. The number of benzene rings is 1. The van der Waals surface area contributed by atoms with Crippen molar-refractivity contribution in [3.05, 3.63) is 28.8 Å². The summed E-state index contributed by atoms with van der Waals surface area (Å²) in [6.45, 7) is 9.47. The highest BCUT2D eigenvalue weighted by Crippen LogP contribution is 2.29. The summed E-state index contributed by atoms with van der Waals surface area (Å²) in [4.78, 5) is 0. The SMILES string of the molecule is CCOc1c(CC2CCCNC2)ccc(C)c1C. The van der Waals surface area contributed by atoms with E-state index in [-0.39, 0.29) is 0 Å². The van der Waals surface area contributed by atoms with Crippen LogP contribution in [-0.4, -0.2) is 19.7 Å². The van der Waals surface area contributed by atoms with Crippen molar-refractivity contribution in [1.29, 1.82) is 0 Å².